The number of aromatic nitrogens is 2. The third-order valence-corrected chi connectivity index (χ3v) is 7.54. The van der Waals surface area contributed by atoms with Crippen LogP contribution in [0, 0.1) is 0 Å². The molecule has 4 rings (SSSR count). The maximum atomic E-state index is 12.7. The molecule has 0 spiro atoms. The Morgan fingerprint density at radius 3 is 2.33 bits per heavy atom. The molecule has 0 unspecified atom stereocenters. The molecule has 4 aromatic rings. The highest BCUT2D eigenvalue weighted by atomic mass is 35.5. The fourth-order valence-electron chi connectivity index (χ4n) is 2.78. The third-order valence-electron chi connectivity index (χ3n) is 4.41. The van der Waals surface area contributed by atoms with Crippen molar-refractivity contribution in [3.63, 3.8) is 0 Å². The third kappa shape index (κ3) is 5.51. The van der Waals surface area contributed by atoms with Crippen LogP contribution in [0.4, 0.5) is 5.13 Å². The summed E-state index contributed by atoms with van der Waals surface area (Å²) < 4.78 is 30.9. The highest BCUT2D eigenvalue weighted by Gasteiger charge is 2.18. The molecule has 168 valence electrons. The molecule has 0 aliphatic carbocycles. The van der Waals surface area contributed by atoms with Gasteiger partial charge >= 0.3 is 0 Å². The number of rotatable bonds is 7. The van der Waals surface area contributed by atoms with Gasteiger partial charge < -0.3 is 4.74 Å². The van der Waals surface area contributed by atoms with E-state index in [-0.39, 0.29) is 27.1 Å². The van der Waals surface area contributed by atoms with Crippen LogP contribution in [-0.2, 0) is 16.4 Å². The van der Waals surface area contributed by atoms with E-state index in [9.17, 15) is 13.2 Å². The Balaban J connectivity index is 1.39. The van der Waals surface area contributed by atoms with Gasteiger partial charge in [0.05, 0.1) is 14.8 Å². The molecular formula is C22H15Cl2N3O4S2. The second-order valence-corrected chi connectivity index (χ2v) is 10.5. The smallest absolute Gasteiger partial charge is 0.257 e. The number of amides is 1. The summed E-state index contributed by atoms with van der Waals surface area (Å²) in [5.41, 5.74) is 0.281. The lowest BCUT2D eigenvalue weighted by atomic mass is 10.2. The fraction of sp³-hybridized carbons (Fsp3) is 0.0455. The summed E-state index contributed by atoms with van der Waals surface area (Å²) in [4.78, 5) is 12.8. The first-order valence-corrected chi connectivity index (χ1v) is 12.5. The minimum Gasteiger partial charge on any atom is -0.485 e. The molecule has 0 atom stereocenters. The predicted molar refractivity (Wildman–Crippen MR) is 127 cm³/mol. The van der Waals surface area contributed by atoms with Crippen molar-refractivity contribution in [1.29, 1.82) is 0 Å². The zero-order valence-corrected chi connectivity index (χ0v) is 19.9. The van der Waals surface area contributed by atoms with Gasteiger partial charge in [-0.15, -0.1) is 10.2 Å². The van der Waals surface area contributed by atoms with Crippen molar-refractivity contribution in [3.8, 4) is 5.75 Å². The molecular weight excluding hydrogens is 505 g/mol. The van der Waals surface area contributed by atoms with Gasteiger partial charge in [0.2, 0.25) is 15.0 Å². The number of carbonyl (C=O) groups is 1. The maximum absolute atomic E-state index is 12.7. The van der Waals surface area contributed by atoms with E-state index in [1.807, 2.05) is 0 Å². The molecule has 1 aromatic heterocycles. The topological polar surface area (TPSA) is 98.2 Å². The number of ether oxygens (including phenoxy) is 1. The lowest BCUT2D eigenvalue weighted by molar-refractivity contribution is 0.102. The van der Waals surface area contributed by atoms with Gasteiger partial charge in [0, 0.05) is 10.6 Å². The number of nitrogens with one attached hydrogen (secondary N) is 1. The van der Waals surface area contributed by atoms with Gasteiger partial charge in [-0.25, -0.2) is 8.42 Å². The molecule has 0 aliphatic heterocycles. The number of carbonyl (C=O) groups excluding carboxylic acids is 1. The molecule has 1 amide bonds. The fourth-order valence-corrected chi connectivity index (χ4v) is 5.18. The Hall–Kier alpha value is -2.98. The molecule has 1 N–H and O–H groups in total. The van der Waals surface area contributed by atoms with Crippen molar-refractivity contribution in [1.82, 2.24) is 10.2 Å². The highest BCUT2D eigenvalue weighted by molar-refractivity contribution is 7.91. The zero-order chi connectivity index (χ0) is 23.4. The van der Waals surface area contributed by atoms with Crippen molar-refractivity contribution >= 4 is 55.4 Å². The number of hydrogen-bond donors (Lipinski definition) is 1. The SMILES string of the molecule is O=C(Nc1nnc(COc2ccc(Cl)cc2Cl)s1)c1ccc(S(=O)(=O)c2ccccc2)cc1. The molecule has 7 nitrogen and oxygen atoms in total. The molecule has 0 bridgehead atoms. The molecule has 0 saturated carbocycles. The number of nitrogens with zero attached hydrogens (tertiary/aromatic N) is 2. The Morgan fingerprint density at radius 1 is 0.939 bits per heavy atom. The van der Waals surface area contributed by atoms with Crippen LogP contribution in [0.25, 0.3) is 0 Å². The molecule has 0 radical (unpaired) electrons. The van der Waals surface area contributed by atoms with E-state index in [1.54, 1.807) is 36.4 Å². The summed E-state index contributed by atoms with van der Waals surface area (Å²) in [6, 6.07) is 18.6. The van der Waals surface area contributed by atoms with Gasteiger partial charge in [0.15, 0.2) is 5.01 Å². The van der Waals surface area contributed by atoms with E-state index in [1.165, 1.54) is 36.4 Å². The summed E-state index contributed by atoms with van der Waals surface area (Å²) in [6.45, 7) is 0.112. The van der Waals surface area contributed by atoms with Crippen LogP contribution < -0.4 is 10.1 Å². The molecule has 0 saturated heterocycles. The number of hydrogen-bond acceptors (Lipinski definition) is 7. The van der Waals surface area contributed by atoms with Crippen molar-refractivity contribution in [2.24, 2.45) is 0 Å². The Labute approximate surface area is 203 Å². The van der Waals surface area contributed by atoms with Gasteiger partial charge in [-0.1, -0.05) is 52.7 Å². The molecule has 11 heteroatoms. The van der Waals surface area contributed by atoms with Crippen molar-refractivity contribution < 1.29 is 17.9 Å². The lowest BCUT2D eigenvalue weighted by Gasteiger charge is -2.06. The van der Waals surface area contributed by atoms with Crippen molar-refractivity contribution in [2.75, 3.05) is 5.32 Å². The summed E-state index contributed by atoms with van der Waals surface area (Å²) in [7, 11) is -3.65. The second kappa shape index (κ2) is 9.88. The number of halogens is 2. The average molecular weight is 520 g/mol. The van der Waals surface area contributed by atoms with Crippen LogP contribution in [0.3, 0.4) is 0 Å². The minimum absolute atomic E-state index is 0.0986. The molecule has 0 aliphatic rings. The molecule has 3 aromatic carbocycles. The standard InChI is InChI=1S/C22H15Cl2N3O4S2/c23-15-8-11-19(18(24)12-15)31-13-20-26-27-22(32-20)25-21(28)14-6-9-17(10-7-14)33(29,30)16-4-2-1-3-5-16/h1-12H,13H2,(H,25,27,28). The van der Waals surface area contributed by atoms with E-state index in [0.29, 0.717) is 20.8 Å². The number of sulfone groups is 1. The normalized spacial score (nSPS) is 11.2. The summed E-state index contributed by atoms with van der Waals surface area (Å²) in [5.74, 6) is 0.00965. The Morgan fingerprint density at radius 2 is 1.64 bits per heavy atom. The van der Waals surface area contributed by atoms with Crippen LogP contribution >= 0.6 is 34.5 Å². The number of benzene rings is 3. The van der Waals surface area contributed by atoms with E-state index in [0.717, 1.165) is 11.3 Å². The largest absolute Gasteiger partial charge is 0.485 e. The minimum atomic E-state index is -3.65. The van der Waals surface area contributed by atoms with E-state index < -0.39 is 15.7 Å². The molecule has 1 heterocycles. The first kappa shape index (κ1) is 23.2. The quantitative estimate of drug-likeness (QED) is 0.345. The molecule has 0 fully saturated rings. The van der Waals surface area contributed by atoms with Gasteiger partial charge in [-0.05, 0) is 54.6 Å². The summed E-state index contributed by atoms with van der Waals surface area (Å²) in [6.07, 6.45) is 0. The number of anilines is 1. The molecule has 33 heavy (non-hydrogen) atoms. The van der Waals surface area contributed by atoms with Crippen LogP contribution in [0.2, 0.25) is 10.0 Å². The van der Waals surface area contributed by atoms with Crippen LogP contribution in [0.5, 0.6) is 5.75 Å². The predicted octanol–water partition coefficient (Wildman–Crippen LogP) is 5.51. The summed E-state index contributed by atoms with van der Waals surface area (Å²) in [5, 5.41) is 12.2. The highest BCUT2D eigenvalue weighted by Crippen LogP contribution is 2.29. The summed E-state index contributed by atoms with van der Waals surface area (Å²) >= 11 is 13.1. The lowest BCUT2D eigenvalue weighted by Crippen LogP contribution is -2.12. The van der Waals surface area contributed by atoms with Gasteiger partial charge in [-0.3, -0.25) is 10.1 Å². The average Bonchev–Trinajstić information content (AvgIpc) is 3.26. The zero-order valence-electron chi connectivity index (χ0n) is 16.7. The van der Waals surface area contributed by atoms with Gasteiger partial charge in [-0.2, -0.15) is 0 Å². The first-order chi connectivity index (χ1) is 15.8. The van der Waals surface area contributed by atoms with E-state index in [2.05, 4.69) is 15.5 Å². The van der Waals surface area contributed by atoms with Gasteiger partial charge in [0.25, 0.3) is 5.91 Å². The first-order valence-electron chi connectivity index (χ1n) is 9.45. The Kier molecular flexibility index (Phi) is 6.94. The van der Waals surface area contributed by atoms with E-state index >= 15 is 0 Å². The van der Waals surface area contributed by atoms with Crippen LogP contribution in [-0.4, -0.2) is 24.5 Å². The Bertz CT molecular complexity index is 1390. The maximum Gasteiger partial charge on any atom is 0.257 e. The second-order valence-electron chi connectivity index (χ2n) is 6.66. The van der Waals surface area contributed by atoms with Crippen LogP contribution in [0.15, 0.2) is 82.6 Å². The van der Waals surface area contributed by atoms with Crippen molar-refractivity contribution in [3.05, 3.63) is 93.4 Å². The van der Waals surface area contributed by atoms with E-state index in [4.69, 9.17) is 27.9 Å². The van der Waals surface area contributed by atoms with Crippen LogP contribution in [0.1, 0.15) is 15.4 Å². The van der Waals surface area contributed by atoms with Gasteiger partial charge in [0.1, 0.15) is 12.4 Å². The van der Waals surface area contributed by atoms with Crippen molar-refractivity contribution in [2.45, 2.75) is 16.4 Å². The monoisotopic (exact) mass is 519 g/mol.